The minimum absolute atomic E-state index is 0. The van der Waals surface area contributed by atoms with Gasteiger partial charge in [0.1, 0.15) is 0 Å². The fraction of sp³-hybridized carbons (Fsp3) is 0.632. The predicted molar refractivity (Wildman–Crippen MR) is 106 cm³/mol. The lowest BCUT2D eigenvalue weighted by Crippen LogP contribution is -2.54. The smallest absolute Gasteiger partial charge is 0.233 e. The van der Waals surface area contributed by atoms with Gasteiger partial charge in [0.15, 0.2) is 9.84 Å². The van der Waals surface area contributed by atoms with Crippen LogP contribution in [0, 0.1) is 5.92 Å². The van der Waals surface area contributed by atoms with Crippen LogP contribution in [0.4, 0.5) is 0 Å². The summed E-state index contributed by atoms with van der Waals surface area (Å²) in [4.78, 5) is 15.7. The van der Waals surface area contributed by atoms with E-state index >= 15 is 0 Å². The van der Waals surface area contributed by atoms with Crippen molar-refractivity contribution in [3.05, 3.63) is 29.8 Å². The molecule has 1 atom stereocenters. The first kappa shape index (κ1) is 21.2. The molecule has 1 N–H and O–H groups in total. The first-order chi connectivity index (χ1) is 11.9. The zero-order valence-electron chi connectivity index (χ0n) is 15.5. The molecule has 1 saturated heterocycles. The van der Waals surface area contributed by atoms with Gasteiger partial charge in [-0.25, -0.2) is 8.42 Å². The van der Waals surface area contributed by atoms with Crippen molar-refractivity contribution in [2.24, 2.45) is 5.92 Å². The number of sulfone groups is 1. The van der Waals surface area contributed by atoms with Crippen LogP contribution in [0.25, 0.3) is 0 Å². The molecular weight excluding hydrogens is 372 g/mol. The van der Waals surface area contributed by atoms with Crippen LogP contribution in [0.3, 0.4) is 0 Å². The highest BCUT2D eigenvalue weighted by atomic mass is 35.5. The van der Waals surface area contributed by atoms with Crippen LogP contribution in [-0.2, 0) is 20.0 Å². The van der Waals surface area contributed by atoms with Crippen molar-refractivity contribution in [2.45, 2.75) is 42.4 Å². The summed E-state index contributed by atoms with van der Waals surface area (Å²) in [5.41, 5.74) is 0.518. The molecule has 0 radical (unpaired) electrons. The summed E-state index contributed by atoms with van der Waals surface area (Å²) in [7, 11) is -1.25. The number of rotatable bonds is 5. The highest BCUT2D eigenvalue weighted by Crippen LogP contribution is 2.45. The zero-order valence-corrected chi connectivity index (χ0v) is 17.2. The molecule has 3 rings (SSSR count). The monoisotopic (exact) mass is 400 g/mol. The van der Waals surface area contributed by atoms with E-state index in [-0.39, 0.29) is 18.3 Å². The number of nitrogens with one attached hydrogen (secondary N) is 1. The second-order valence-corrected chi connectivity index (χ2v) is 9.57. The topological polar surface area (TPSA) is 66.5 Å². The Bertz CT molecular complexity index is 728. The largest absolute Gasteiger partial charge is 0.342 e. The lowest BCUT2D eigenvalue weighted by atomic mass is 9.63. The molecule has 1 aromatic rings. The molecule has 146 valence electrons. The highest BCUT2D eigenvalue weighted by molar-refractivity contribution is 7.90. The number of likely N-dealkylation sites (tertiary alicyclic amines) is 1. The second kappa shape index (κ2) is 8.28. The SMILES string of the molecule is CNCC1CCCN(C(=O)C2(c3ccc(S(C)(=O)=O)cc3)CCC2)C1.Cl. The van der Waals surface area contributed by atoms with Crippen LogP contribution >= 0.6 is 12.4 Å². The fourth-order valence-corrected chi connectivity index (χ4v) is 4.82. The summed E-state index contributed by atoms with van der Waals surface area (Å²) in [6.45, 7) is 2.60. The maximum Gasteiger partial charge on any atom is 0.233 e. The molecule has 2 aliphatic rings. The van der Waals surface area contributed by atoms with Gasteiger partial charge in [0, 0.05) is 19.3 Å². The average Bonchev–Trinajstić information content (AvgIpc) is 2.54. The Morgan fingerprint density at radius 2 is 1.88 bits per heavy atom. The van der Waals surface area contributed by atoms with Crippen LogP contribution in [0.1, 0.15) is 37.7 Å². The molecule has 0 aromatic heterocycles. The summed E-state index contributed by atoms with van der Waals surface area (Å²) < 4.78 is 23.4. The lowest BCUT2D eigenvalue weighted by Gasteiger charge is -2.46. The number of halogens is 1. The number of hydrogen-bond donors (Lipinski definition) is 1. The van der Waals surface area contributed by atoms with Crippen molar-refractivity contribution in [3.8, 4) is 0 Å². The van der Waals surface area contributed by atoms with Gasteiger partial charge in [0.25, 0.3) is 0 Å². The van der Waals surface area contributed by atoms with Crippen molar-refractivity contribution in [1.29, 1.82) is 0 Å². The predicted octanol–water partition coefficient (Wildman–Crippen LogP) is 2.39. The zero-order chi connectivity index (χ0) is 18.1. The molecule has 1 heterocycles. The van der Waals surface area contributed by atoms with Crippen molar-refractivity contribution in [3.63, 3.8) is 0 Å². The molecule has 1 amide bonds. The molecule has 1 aliphatic heterocycles. The van der Waals surface area contributed by atoms with Crippen molar-refractivity contribution < 1.29 is 13.2 Å². The summed E-state index contributed by atoms with van der Waals surface area (Å²) >= 11 is 0. The van der Waals surface area contributed by atoms with Gasteiger partial charge in [0.2, 0.25) is 5.91 Å². The van der Waals surface area contributed by atoms with E-state index in [2.05, 4.69) is 5.32 Å². The van der Waals surface area contributed by atoms with Gasteiger partial charge in [-0.05, 0) is 62.9 Å². The lowest BCUT2D eigenvalue weighted by molar-refractivity contribution is -0.142. The van der Waals surface area contributed by atoms with E-state index in [0.29, 0.717) is 10.8 Å². The number of benzene rings is 1. The van der Waals surface area contributed by atoms with Crippen LogP contribution in [0.15, 0.2) is 29.2 Å². The van der Waals surface area contributed by atoms with E-state index in [1.807, 2.05) is 24.1 Å². The quantitative estimate of drug-likeness (QED) is 0.824. The second-order valence-electron chi connectivity index (χ2n) is 7.55. The van der Waals surface area contributed by atoms with Gasteiger partial charge in [-0.2, -0.15) is 0 Å². The molecule has 2 fully saturated rings. The van der Waals surface area contributed by atoms with Gasteiger partial charge in [-0.3, -0.25) is 4.79 Å². The maximum absolute atomic E-state index is 13.3. The summed E-state index contributed by atoms with van der Waals surface area (Å²) in [5, 5.41) is 3.22. The molecule has 1 aromatic carbocycles. The number of carbonyl (C=O) groups excluding carboxylic acids is 1. The number of amides is 1. The first-order valence-electron chi connectivity index (χ1n) is 9.11. The molecule has 5 nitrogen and oxygen atoms in total. The molecule has 7 heteroatoms. The standard InChI is InChI=1S/C19H28N2O3S.ClH/c1-20-13-15-5-3-12-21(14-15)18(22)19(10-4-11-19)16-6-8-17(9-7-16)25(2,23)24;/h6-9,15,20H,3-5,10-14H2,1-2H3;1H. The maximum atomic E-state index is 13.3. The molecule has 1 aliphatic carbocycles. The van der Waals surface area contributed by atoms with Crippen LogP contribution in [0.5, 0.6) is 0 Å². The van der Waals surface area contributed by atoms with Crippen LogP contribution < -0.4 is 5.32 Å². The van der Waals surface area contributed by atoms with Gasteiger partial charge in [-0.15, -0.1) is 12.4 Å². The Morgan fingerprint density at radius 3 is 2.38 bits per heavy atom. The van der Waals surface area contributed by atoms with Crippen LogP contribution in [0.2, 0.25) is 0 Å². The van der Waals surface area contributed by atoms with E-state index < -0.39 is 15.3 Å². The molecule has 0 bridgehead atoms. The Labute approximate surface area is 162 Å². The van der Waals surface area contributed by atoms with E-state index in [1.165, 1.54) is 12.7 Å². The third-order valence-electron chi connectivity index (χ3n) is 5.75. The Balaban J connectivity index is 0.00000243. The Hall–Kier alpha value is -1.11. The minimum atomic E-state index is -3.21. The summed E-state index contributed by atoms with van der Waals surface area (Å²) in [6, 6.07) is 6.95. The van der Waals surface area contributed by atoms with Gasteiger partial charge >= 0.3 is 0 Å². The van der Waals surface area contributed by atoms with E-state index in [4.69, 9.17) is 0 Å². The number of carbonyl (C=O) groups is 1. The summed E-state index contributed by atoms with van der Waals surface area (Å²) in [5.74, 6) is 0.749. The molecule has 0 spiro atoms. The van der Waals surface area contributed by atoms with Gasteiger partial charge in [-0.1, -0.05) is 18.6 Å². The van der Waals surface area contributed by atoms with Crippen molar-refractivity contribution in [2.75, 3.05) is 32.9 Å². The highest BCUT2D eigenvalue weighted by Gasteiger charge is 2.48. The normalized spacial score (nSPS) is 22.2. The summed E-state index contributed by atoms with van der Waals surface area (Å²) in [6.07, 6.45) is 6.20. The van der Waals surface area contributed by atoms with E-state index in [1.54, 1.807) is 12.1 Å². The van der Waals surface area contributed by atoms with E-state index in [0.717, 1.165) is 50.9 Å². The average molecular weight is 401 g/mol. The van der Waals surface area contributed by atoms with Gasteiger partial charge in [0.05, 0.1) is 10.3 Å². The Kier molecular flexibility index (Phi) is 6.75. The number of hydrogen-bond acceptors (Lipinski definition) is 4. The first-order valence-corrected chi connectivity index (χ1v) is 11.0. The number of nitrogens with zero attached hydrogens (tertiary/aromatic N) is 1. The third kappa shape index (κ3) is 4.07. The van der Waals surface area contributed by atoms with Crippen molar-refractivity contribution >= 4 is 28.2 Å². The molecule has 1 unspecified atom stereocenters. The molecular formula is C19H29ClN2O3S. The number of piperidine rings is 1. The van der Waals surface area contributed by atoms with E-state index in [9.17, 15) is 13.2 Å². The third-order valence-corrected chi connectivity index (χ3v) is 6.88. The van der Waals surface area contributed by atoms with Crippen LogP contribution in [-0.4, -0.2) is 52.2 Å². The Morgan fingerprint density at radius 1 is 1.23 bits per heavy atom. The fourth-order valence-electron chi connectivity index (χ4n) is 4.18. The molecule has 26 heavy (non-hydrogen) atoms. The minimum Gasteiger partial charge on any atom is -0.342 e. The van der Waals surface area contributed by atoms with Crippen molar-refractivity contribution in [1.82, 2.24) is 10.2 Å². The molecule has 1 saturated carbocycles. The van der Waals surface area contributed by atoms with Gasteiger partial charge < -0.3 is 10.2 Å².